The van der Waals surface area contributed by atoms with Crippen LogP contribution in [0, 0.1) is 0 Å². The van der Waals surface area contributed by atoms with Gasteiger partial charge in [0.2, 0.25) is 5.56 Å². The molecule has 8 nitrogen and oxygen atoms in total. The molecule has 0 amide bonds. The second kappa shape index (κ2) is 10.3. The van der Waals surface area contributed by atoms with Crippen LogP contribution < -0.4 is 10.3 Å². The molecule has 2 aromatic heterocycles. The fourth-order valence-corrected chi connectivity index (χ4v) is 3.70. The van der Waals surface area contributed by atoms with E-state index in [0.717, 1.165) is 18.7 Å². The van der Waals surface area contributed by atoms with E-state index in [1.165, 1.54) is 12.3 Å². The van der Waals surface area contributed by atoms with Crippen molar-refractivity contribution in [1.82, 2.24) is 19.9 Å². The van der Waals surface area contributed by atoms with Crippen molar-refractivity contribution in [3.8, 4) is 39.7 Å². The minimum atomic E-state index is -4.84. The summed E-state index contributed by atoms with van der Waals surface area (Å²) in [5.74, 6) is -0.685. The van der Waals surface area contributed by atoms with Gasteiger partial charge in [0.25, 0.3) is 0 Å². The average molecular weight is 512 g/mol. The number of H-pyrrole nitrogens is 2. The van der Waals surface area contributed by atoms with E-state index >= 15 is 0 Å². The maximum absolute atomic E-state index is 13.4. The SMILES string of the molecule is CN(C)CCOc1ccc(-c2nc(-c3ccc(C(F)(F)F)c(C(=O)O)c3)c(-c3cc[nH]c(=O)c3)[nH]2)cc1. The highest BCUT2D eigenvalue weighted by molar-refractivity contribution is 5.92. The van der Waals surface area contributed by atoms with Crippen molar-refractivity contribution < 1.29 is 27.8 Å². The van der Waals surface area contributed by atoms with E-state index < -0.39 is 28.8 Å². The lowest BCUT2D eigenvalue weighted by Crippen LogP contribution is -2.19. The van der Waals surface area contributed by atoms with Gasteiger partial charge in [-0.3, -0.25) is 4.79 Å². The van der Waals surface area contributed by atoms with Gasteiger partial charge in [0, 0.05) is 35.5 Å². The topological polar surface area (TPSA) is 111 Å². The second-order valence-electron chi connectivity index (χ2n) is 8.49. The molecule has 37 heavy (non-hydrogen) atoms. The number of aromatic amines is 2. The van der Waals surface area contributed by atoms with Crippen LogP contribution in [-0.4, -0.2) is 58.2 Å². The first-order chi connectivity index (χ1) is 17.5. The molecule has 0 radical (unpaired) electrons. The lowest BCUT2D eigenvalue weighted by molar-refractivity contribution is -0.138. The predicted molar refractivity (Wildman–Crippen MR) is 132 cm³/mol. The Morgan fingerprint density at radius 1 is 1.03 bits per heavy atom. The molecule has 2 aromatic carbocycles. The fraction of sp³-hybridized carbons (Fsp3) is 0.192. The standard InChI is InChI=1S/C26H23F3N4O4/c1-33(2)11-12-37-18-6-3-15(4-7-18)24-31-22(23(32-24)17-9-10-30-21(34)14-17)16-5-8-20(26(27,28)29)19(13-16)25(35)36/h3-10,13-14H,11-12H2,1-2H3,(H,30,34)(H,31,32)(H,35,36). The predicted octanol–water partition coefficient (Wildman–Crippen LogP) is 4.76. The molecule has 192 valence electrons. The van der Waals surface area contributed by atoms with Gasteiger partial charge in [-0.1, -0.05) is 6.07 Å². The summed E-state index contributed by atoms with van der Waals surface area (Å²) in [7, 11) is 3.88. The highest BCUT2D eigenvalue weighted by Crippen LogP contribution is 2.37. The molecule has 0 unspecified atom stereocenters. The maximum atomic E-state index is 13.4. The number of nitrogens with one attached hydrogen (secondary N) is 2. The van der Waals surface area contributed by atoms with Crippen molar-refractivity contribution >= 4 is 5.97 Å². The van der Waals surface area contributed by atoms with E-state index in [9.17, 15) is 27.9 Å². The quantitative estimate of drug-likeness (QED) is 0.314. The zero-order chi connectivity index (χ0) is 26.7. The van der Waals surface area contributed by atoms with Crippen molar-refractivity contribution in [2.75, 3.05) is 27.2 Å². The van der Waals surface area contributed by atoms with Crippen LogP contribution in [0.25, 0.3) is 33.9 Å². The number of hydrogen-bond donors (Lipinski definition) is 3. The number of imidazole rings is 1. The number of aromatic carboxylic acids is 1. The summed E-state index contributed by atoms with van der Waals surface area (Å²) in [6, 6.07) is 12.8. The van der Waals surface area contributed by atoms with E-state index in [2.05, 4.69) is 15.0 Å². The van der Waals surface area contributed by atoms with Crippen LogP contribution in [0.15, 0.2) is 65.6 Å². The Morgan fingerprint density at radius 3 is 2.35 bits per heavy atom. The molecule has 3 N–H and O–H groups in total. The Morgan fingerprint density at radius 2 is 1.73 bits per heavy atom. The summed E-state index contributed by atoms with van der Waals surface area (Å²) in [6.45, 7) is 1.25. The lowest BCUT2D eigenvalue weighted by Gasteiger charge is -2.12. The highest BCUT2D eigenvalue weighted by atomic mass is 19.4. The molecule has 0 saturated heterocycles. The Labute approximate surface area is 209 Å². The molecular weight excluding hydrogens is 489 g/mol. The second-order valence-corrected chi connectivity index (χ2v) is 8.49. The molecule has 0 bridgehead atoms. The number of ether oxygens (including phenoxy) is 1. The fourth-order valence-electron chi connectivity index (χ4n) is 3.70. The Kier molecular flexibility index (Phi) is 7.16. The number of hydrogen-bond acceptors (Lipinski definition) is 5. The van der Waals surface area contributed by atoms with Gasteiger partial charge in [0.05, 0.1) is 22.5 Å². The molecule has 0 aliphatic heterocycles. The number of pyridine rings is 1. The van der Waals surface area contributed by atoms with Gasteiger partial charge < -0.3 is 24.7 Å². The Hall–Kier alpha value is -4.38. The minimum Gasteiger partial charge on any atom is -0.492 e. The van der Waals surface area contributed by atoms with Gasteiger partial charge in [0.1, 0.15) is 18.2 Å². The molecule has 0 atom stereocenters. The zero-order valence-electron chi connectivity index (χ0n) is 19.9. The highest BCUT2D eigenvalue weighted by Gasteiger charge is 2.35. The summed E-state index contributed by atoms with van der Waals surface area (Å²) in [4.78, 5) is 35.8. The smallest absolute Gasteiger partial charge is 0.417 e. The van der Waals surface area contributed by atoms with Crippen LogP contribution in [0.5, 0.6) is 5.75 Å². The van der Waals surface area contributed by atoms with Crippen molar-refractivity contribution in [2.24, 2.45) is 0 Å². The van der Waals surface area contributed by atoms with Gasteiger partial charge in [0.15, 0.2) is 0 Å². The molecule has 0 fully saturated rings. The van der Waals surface area contributed by atoms with Gasteiger partial charge in [-0.05, 0) is 56.6 Å². The number of likely N-dealkylation sites (N-methyl/N-ethyl adjacent to an activating group) is 1. The van der Waals surface area contributed by atoms with Crippen molar-refractivity contribution in [1.29, 1.82) is 0 Å². The minimum absolute atomic E-state index is 0.145. The number of halogens is 3. The van der Waals surface area contributed by atoms with Gasteiger partial charge in [-0.15, -0.1) is 0 Å². The van der Waals surface area contributed by atoms with Gasteiger partial charge in [-0.25, -0.2) is 9.78 Å². The molecule has 0 aliphatic carbocycles. The number of alkyl halides is 3. The third-order valence-electron chi connectivity index (χ3n) is 5.53. The number of rotatable bonds is 8. The van der Waals surface area contributed by atoms with Crippen LogP contribution in [-0.2, 0) is 6.18 Å². The first-order valence-electron chi connectivity index (χ1n) is 11.1. The molecular formula is C26H23F3N4O4. The molecule has 0 spiro atoms. The van der Waals surface area contributed by atoms with E-state index in [1.54, 1.807) is 30.3 Å². The maximum Gasteiger partial charge on any atom is 0.417 e. The number of carboxylic acid groups (broad SMARTS) is 1. The van der Waals surface area contributed by atoms with E-state index in [-0.39, 0.29) is 11.3 Å². The molecule has 4 rings (SSSR count). The van der Waals surface area contributed by atoms with E-state index in [4.69, 9.17) is 4.74 Å². The zero-order valence-corrected chi connectivity index (χ0v) is 19.9. The summed E-state index contributed by atoms with van der Waals surface area (Å²) in [5.41, 5.74) is -0.774. The summed E-state index contributed by atoms with van der Waals surface area (Å²) >= 11 is 0. The van der Waals surface area contributed by atoms with Crippen LogP contribution in [0.4, 0.5) is 13.2 Å². The van der Waals surface area contributed by atoms with Gasteiger partial charge >= 0.3 is 12.1 Å². The number of benzene rings is 2. The Bertz CT molecular complexity index is 1470. The number of aromatic nitrogens is 3. The van der Waals surface area contributed by atoms with Crippen LogP contribution in [0.1, 0.15) is 15.9 Å². The van der Waals surface area contributed by atoms with Gasteiger partial charge in [-0.2, -0.15) is 13.2 Å². The largest absolute Gasteiger partial charge is 0.492 e. The first-order valence-corrected chi connectivity index (χ1v) is 11.1. The van der Waals surface area contributed by atoms with E-state index in [1.807, 2.05) is 19.0 Å². The van der Waals surface area contributed by atoms with Crippen LogP contribution in [0.2, 0.25) is 0 Å². The third kappa shape index (κ3) is 5.89. The summed E-state index contributed by atoms with van der Waals surface area (Å²) < 4.78 is 45.8. The van der Waals surface area contributed by atoms with Crippen molar-refractivity contribution in [3.05, 3.63) is 82.3 Å². The van der Waals surface area contributed by atoms with Crippen LogP contribution >= 0.6 is 0 Å². The number of carboxylic acids is 1. The Balaban J connectivity index is 1.79. The summed E-state index contributed by atoms with van der Waals surface area (Å²) in [6.07, 6.45) is -3.41. The molecule has 4 aromatic rings. The molecule has 0 aliphatic rings. The summed E-state index contributed by atoms with van der Waals surface area (Å²) in [5, 5.41) is 9.44. The van der Waals surface area contributed by atoms with E-state index in [0.29, 0.717) is 41.1 Å². The normalized spacial score (nSPS) is 11.6. The number of carbonyl (C=O) groups is 1. The van der Waals surface area contributed by atoms with Crippen molar-refractivity contribution in [2.45, 2.75) is 6.18 Å². The third-order valence-corrected chi connectivity index (χ3v) is 5.53. The van der Waals surface area contributed by atoms with Crippen LogP contribution in [0.3, 0.4) is 0 Å². The van der Waals surface area contributed by atoms with Crippen molar-refractivity contribution in [3.63, 3.8) is 0 Å². The molecule has 2 heterocycles. The lowest BCUT2D eigenvalue weighted by atomic mass is 9.99. The average Bonchev–Trinajstić information content (AvgIpc) is 3.29. The number of nitrogens with zero attached hydrogens (tertiary/aromatic N) is 2. The first kappa shape index (κ1) is 25.7. The molecule has 0 saturated carbocycles. The molecule has 11 heteroatoms. The monoisotopic (exact) mass is 512 g/mol.